The molecule has 0 atom stereocenters. The second kappa shape index (κ2) is 10.8. The van der Waals surface area contributed by atoms with Crippen molar-refractivity contribution in [1.82, 2.24) is 0 Å². The molecule has 10 heavy (non-hydrogen) atoms. The molecule has 0 aliphatic carbocycles. The van der Waals surface area contributed by atoms with Gasteiger partial charge < -0.3 is 4.74 Å². The molecule has 0 aromatic rings. The molecule has 0 bridgehead atoms. The summed E-state index contributed by atoms with van der Waals surface area (Å²) in [4.78, 5) is 3.70. The van der Waals surface area contributed by atoms with Gasteiger partial charge in [0.15, 0.2) is 0 Å². The van der Waals surface area contributed by atoms with Gasteiger partial charge in [0.1, 0.15) is 0 Å². The van der Waals surface area contributed by atoms with Gasteiger partial charge in [-0.3, -0.25) is 0 Å². The van der Waals surface area contributed by atoms with E-state index in [-0.39, 0.29) is 0 Å². The maximum Gasteiger partial charge on any atom is 0.212 e. The lowest BCUT2D eigenvalue weighted by molar-refractivity contribution is 0.407. The van der Waals surface area contributed by atoms with E-state index in [4.69, 9.17) is 4.74 Å². The van der Waals surface area contributed by atoms with Crippen molar-refractivity contribution in [3.63, 3.8) is 0 Å². The van der Waals surface area contributed by atoms with Crippen molar-refractivity contribution < 1.29 is 4.74 Å². The van der Waals surface area contributed by atoms with Crippen LogP contribution in [0.5, 0.6) is 0 Å². The summed E-state index contributed by atoms with van der Waals surface area (Å²) >= 11 is 0. The number of hydrogen-bond acceptors (Lipinski definition) is 2. The molecule has 0 aromatic carbocycles. The van der Waals surface area contributed by atoms with Gasteiger partial charge in [-0.05, 0) is 6.08 Å². The molecule has 0 unspecified atom stereocenters. The van der Waals surface area contributed by atoms with Crippen LogP contribution in [-0.2, 0) is 4.74 Å². The highest BCUT2D eigenvalue weighted by molar-refractivity contribution is 5.87. The number of methoxy groups -OCH3 is 1. The molecular formula is C8H15NO. The van der Waals surface area contributed by atoms with Crippen molar-refractivity contribution in [3.05, 3.63) is 25.4 Å². The molecular weight excluding hydrogens is 126 g/mol. The zero-order valence-corrected chi connectivity index (χ0v) is 6.92. The van der Waals surface area contributed by atoms with Crippen molar-refractivity contribution in [2.75, 3.05) is 7.11 Å². The molecule has 58 valence electrons. The Labute approximate surface area is 62.9 Å². The van der Waals surface area contributed by atoms with E-state index in [2.05, 4.69) is 18.2 Å². The summed E-state index contributed by atoms with van der Waals surface area (Å²) in [5, 5.41) is 0. The highest BCUT2D eigenvalue weighted by atomic mass is 16.5. The number of hydrogen-bond donors (Lipinski definition) is 0. The fraction of sp³-hybridized carbons (Fsp3) is 0.375. The van der Waals surface area contributed by atoms with Gasteiger partial charge >= 0.3 is 0 Å². The molecule has 0 aliphatic rings. The van der Waals surface area contributed by atoms with Crippen molar-refractivity contribution in [3.8, 4) is 0 Å². The normalized spacial score (nSPS) is 8.90. The first kappa shape index (κ1) is 11.7. The maximum absolute atomic E-state index is 4.70. The zero-order valence-electron chi connectivity index (χ0n) is 6.92. The SMILES string of the molecule is C=CN=C(C=C)OC.CC. The molecule has 0 aliphatic heterocycles. The lowest BCUT2D eigenvalue weighted by Crippen LogP contribution is -1.92. The fourth-order valence-electron chi connectivity index (χ4n) is 0.279. The monoisotopic (exact) mass is 141 g/mol. The van der Waals surface area contributed by atoms with Crippen LogP contribution in [0.3, 0.4) is 0 Å². The van der Waals surface area contributed by atoms with Crippen LogP contribution in [0.25, 0.3) is 0 Å². The standard InChI is InChI=1S/C6H9NO.C2H6/c1-4-6(8-3)7-5-2;1-2/h4-5H,1-2H2,3H3;1-2H3. The Balaban J connectivity index is 0. The van der Waals surface area contributed by atoms with Gasteiger partial charge in [-0.25, -0.2) is 4.99 Å². The molecule has 0 amide bonds. The molecule has 0 saturated carbocycles. The van der Waals surface area contributed by atoms with Crippen molar-refractivity contribution in [2.45, 2.75) is 13.8 Å². The van der Waals surface area contributed by atoms with Crippen LogP contribution in [0.4, 0.5) is 0 Å². The third kappa shape index (κ3) is 6.95. The van der Waals surface area contributed by atoms with E-state index in [0.29, 0.717) is 5.90 Å². The average molecular weight is 141 g/mol. The van der Waals surface area contributed by atoms with E-state index in [0.717, 1.165) is 0 Å². The van der Waals surface area contributed by atoms with Gasteiger partial charge in [-0.15, -0.1) is 0 Å². The minimum absolute atomic E-state index is 0.486. The molecule has 0 fully saturated rings. The molecule has 0 radical (unpaired) electrons. The van der Waals surface area contributed by atoms with Crippen LogP contribution >= 0.6 is 0 Å². The van der Waals surface area contributed by atoms with Gasteiger partial charge in [0.05, 0.1) is 7.11 Å². The Bertz CT molecular complexity index is 116. The Hall–Kier alpha value is -1.05. The summed E-state index contributed by atoms with van der Waals surface area (Å²) in [5.41, 5.74) is 0. The highest BCUT2D eigenvalue weighted by Crippen LogP contribution is 1.80. The second-order valence-corrected chi connectivity index (χ2v) is 1.06. The van der Waals surface area contributed by atoms with Gasteiger partial charge in [0, 0.05) is 6.20 Å². The number of nitrogens with zero attached hydrogens (tertiary/aromatic N) is 1. The summed E-state index contributed by atoms with van der Waals surface area (Å²) in [7, 11) is 1.53. The molecule has 0 rings (SSSR count). The second-order valence-electron chi connectivity index (χ2n) is 1.06. The summed E-state index contributed by atoms with van der Waals surface area (Å²) < 4.78 is 4.70. The minimum atomic E-state index is 0.486. The average Bonchev–Trinajstić information content (AvgIpc) is 2.04. The van der Waals surface area contributed by atoms with E-state index in [1.54, 1.807) is 0 Å². The molecule has 0 N–H and O–H groups in total. The van der Waals surface area contributed by atoms with Gasteiger partial charge in [0.25, 0.3) is 0 Å². The van der Waals surface area contributed by atoms with Crippen molar-refractivity contribution in [1.29, 1.82) is 0 Å². The van der Waals surface area contributed by atoms with E-state index in [1.165, 1.54) is 19.4 Å². The summed E-state index contributed by atoms with van der Waals surface area (Å²) in [6.07, 6.45) is 2.92. The Morgan fingerprint density at radius 1 is 1.40 bits per heavy atom. The smallest absolute Gasteiger partial charge is 0.212 e. The van der Waals surface area contributed by atoms with E-state index in [9.17, 15) is 0 Å². The lowest BCUT2D eigenvalue weighted by Gasteiger charge is -1.92. The predicted molar refractivity (Wildman–Crippen MR) is 46.2 cm³/mol. The predicted octanol–water partition coefficient (Wildman–Crippen LogP) is 2.39. The summed E-state index contributed by atoms with van der Waals surface area (Å²) in [6.45, 7) is 10.8. The Morgan fingerprint density at radius 2 is 1.90 bits per heavy atom. The largest absolute Gasteiger partial charge is 0.481 e. The van der Waals surface area contributed by atoms with Crippen LogP contribution in [-0.4, -0.2) is 13.0 Å². The highest BCUT2D eigenvalue weighted by Gasteiger charge is 1.81. The maximum atomic E-state index is 4.70. The van der Waals surface area contributed by atoms with E-state index in [1.807, 2.05) is 13.8 Å². The van der Waals surface area contributed by atoms with Gasteiger partial charge in [0.2, 0.25) is 5.90 Å². The molecule has 0 spiro atoms. The Kier molecular flexibility index (Phi) is 12.7. The number of aliphatic imine (C=N–C) groups is 1. The quantitative estimate of drug-likeness (QED) is 0.427. The molecule has 0 saturated heterocycles. The van der Waals surface area contributed by atoms with E-state index < -0.39 is 0 Å². The number of ether oxygens (including phenoxy) is 1. The fourth-order valence-corrected chi connectivity index (χ4v) is 0.279. The summed E-state index contributed by atoms with van der Waals surface area (Å²) in [6, 6.07) is 0. The Morgan fingerprint density at radius 3 is 2.00 bits per heavy atom. The van der Waals surface area contributed by atoms with Crippen molar-refractivity contribution >= 4 is 5.90 Å². The molecule has 0 heterocycles. The van der Waals surface area contributed by atoms with Gasteiger partial charge in [-0.2, -0.15) is 0 Å². The first-order chi connectivity index (χ1) is 4.85. The van der Waals surface area contributed by atoms with Crippen LogP contribution in [0.15, 0.2) is 30.4 Å². The van der Waals surface area contributed by atoms with Gasteiger partial charge in [-0.1, -0.05) is 27.0 Å². The van der Waals surface area contributed by atoms with Crippen LogP contribution in [0.2, 0.25) is 0 Å². The molecule has 2 nitrogen and oxygen atoms in total. The molecule has 2 heteroatoms. The van der Waals surface area contributed by atoms with Crippen LogP contribution < -0.4 is 0 Å². The molecule has 0 aromatic heterocycles. The lowest BCUT2D eigenvalue weighted by atomic mass is 10.6. The number of rotatable bonds is 2. The third-order valence-electron chi connectivity index (χ3n) is 0.602. The summed E-state index contributed by atoms with van der Waals surface area (Å²) in [5.74, 6) is 0.486. The van der Waals surface area contributed by atoms with Crippen LogP contribution in [0, 0.1) is 0 Å². The van der Waals surface area contributed by atoms with Crippen molar-refractivity contribution in [2.24, 2.45) is 4.99 Å². The topological polar surface area (TPSA) is 21.6 Å². The zero-order chi connectivity index (χ0) is 8.41. The third-order valence-corrected chi connectivity index (χ3v) is 0.602. The first-order valence-corrected chi connectivity index (χ1v) is 3.20. The first-order valence-electron chi connectivity index (χ1n) is 3.20. The van der Waals surface area contributed by atoms with Crippen LogP contribution in [0.1, 0.15) is 13.8 Å². The van der Waals surface area contributed by atoms with E-state index >= 15 is 0 Å². The minimum Gasteiger partial charge on any atom is -0.481 e.